The summed E-state index contributed by atoms with van der Waals surface area (Å²) in [6, 6.07) is 24.0. The Labute approximate surface area is 129 Å². The van der Waals surface area contributed by atoms with Crippen LogP contribution >= 0.6 is 9.24 Å². The molecule has 0 amide bonds. The number of hydrogen-bond donors (Lipinski definition) is 0. The number of aryl methyl sites for hydroxylation is 2. The first-order valence-corrected chi connectivity index (χ1v) is 7.75. The highest BCUT2D eigenvalue weighted by Crippen LogP contribution is 2.27. The first-order chi connectivity index (χ1) is 10.1. The van der Waals surface area contributed by atoms with Crippen molar-refractivity contribution < 1.29 is 0 Å². The van der Waals surface area contributed by atoms with Crippen molar-refractivity contribution in [3.63, 3.8) is 0 Å². The highest BCUT2D eigenvalue weighted by atomic mass is 31.0. The molecule has 104 valence electrons. The van der Waals surface area contributed by atoms with Crippen LogP contribution in [0.1, 0.15) is 11.1 Å². The van der Waals surface area contributed by atoms with E-state index in [1.807, 2.05) is 0 Å². The maximum Gasteiger partial charge on any atom is -0.0178 e. The van der Waals surface area contributed by atoms with Gasteiger partial charge in [0.2, 0.25) is 0 Å². The van der Waals surface area contributed by atoms with Gasteiger partial charge in [0.05, 0.1) is 0 Å². The third kappa shape index (κ3) is 3.06. The molecule has 0 aliphatic carbocycles. The molecule has 3 rings (SSSR count). The van der Waals surface area contributed by atoms with Gasteiger partial charge in [0.1, 0.15) is 0 Å². The van der Waals surface area contributed by atoms with Gasteiger partial charge in [0.15, 0.2) is 0 Å². The predicted molar refractivity (Wildman–Crippen MR) is 96.1 cm³/mol. The molecule has 0 spiro atoms. The smallest absolute Gasteiger partial charge is 0.0178 e. The van der Waals surface area contributed by atoms with Crippen molar-refractivity contribution in [2.75, 3.05) is 0 Å². The fraction of sp³-hybridized carbons (Fsp3) is 0.100. The van der Waals surface area contributed by atoms with E-state index in [9.17, 15) is 0 Å². The van der Waals surface area contributed by atoms with Crippen LogP contribution in [0, 0.1) is 13.8 Å². The molecular weight excluding hydrogens is 271 g/mol. The van der Waals surface area contributed by atoms with Gasteiger partial charge in [-0.05, 0) is 53.0 Å². The molecular formula is C20H19P. The van der Waals surface area contributed by atoms with E-state index in [1.165, 1.54) is 38.7 Å². The molecule has 0 N–H and O–H groups in total. The molecule has 1 atom stereocenters. The molecule has 0 fully saturated rings. The van der Waals surface area contributed by atoms with E-state index in [2.05, 4.69) is 89.8 Å². The highest BCUT2D eigenvalue weighted by molar-refractivity contribution is 7.27. The summed E-state index contributed by atoms with van der Waals surface area (Å²) in [5.74, 6) is 0. The minimum absolute atomic E-state index is 1.26. The zero-order valence-electron chi connectivity index (χ0n) is 12.4. The van der Waals surface area contributed by atoms with Crippen LogP contribution in [0.25, 0.3) is 22.3 Å². The largest absolute Gasteiger partial charge is 0.105 e. The third-order valence-corrected chi connectivity index (χ3v) is 4.50. The third-order valence-electron chi connectivity index (χ3n) is 3.85. The molecule has 1 heteroatoms. The minimum atomic E-state index is 1.26. The van der Waals surface area contributed by atoms with E-state index >= 15 is 0 Å². The van der Waals surface area contributed by atoms with E-state index in [0.29, 0.717) is 0 Å². The van der Waals surface area contributed by atoms with Crippen molar-refractivity contribution in [2.24, 2.45) is 0 Å². The number of rotatable bonds is 2. The van der Waals surface area contributed by atoms with E-state index in [0.717, 1.165) is 0 Å². The van der Waals surface area contributed by atoms with Crippen molar-refractivity contribution in [2.45, 2.75) is 13.8 Å². The quantitative estimate of drug-likeness (QED) is 0.573. The zero-order valence-corrected chi connectivity index (χ0v) is 13.6. The summed E-state index contributed by atoms with van der Waals surface area (Å²) in [5, 5.41) is 1.26. The van der Waals surface area contributed by atoms with E-state index < -0.39 is 0 Å². The fourth-order valence-corrected chi connectivity index (χ4v) is 2.66. The lowest BCUT2D eigenvalue weighted by Crippen LogP contribution is -1.95. The zero-order chi connectivity index (χ0) is 14.8. The lowest BCUT2D eigenvalue weighted by atomic mass is 9.98. The Kier molecular flexibility index (Phi) is 3.90. The SMILES string of the molecule is Cc1ccc(-c2cccc(-c3ccc(P)c(C)c3)c2)cc1. The van der Waals surface area contributed by atoms with Crippen molar-refractivity contribution >= 4 is 14.5 Å². The fourth-order valence-electron chi connectivity index (χ4n) is 2.48. The minimum Gasteiger partial charge on any atom is -0.105 e. The summed E-state index contributed by atoms with van der Waals surface area (Å²) < 4.78 is 0. The Hall–Kier alpha value is -1.91. The van der Waals surface area contributed by atoms with Gasteiger partial charge in [-0.3, -0.25) is 0 Å². The Morgan fingerprint density at radius 2 is 1.19 bits per heavy atom. The van der Waals surface area contributed by atoms with Crippen molar-refractivity contribution in [1.82, 2.24) is 0 Å². The molecule has 0 aromatic heterocycles. The summed E-state index contributed by atoms with van der Waals surface area (Å²) in [4.78, 5) is 0. The predicted octanol–water partition coefficient (Wildman–Crippen LogP) is 5.14. The van der Waals surface area contributed by atoms with Crippen LogP contribution in [-0.4, -0.2) is 0 Å². The standard InChI is InChI=1S/C20H19P/c1-14-6-8-16(9-7-14)17-4-3-5-18(13-17)19-10-11-20(21)15(2)12-19/h3-13H,21H2,1-2H3. The van der Waals surface area contributed by atoms with E-state index in [-0.39, 0.29) is 0 Å². The normalized spacial score (nSPS) is 10.6. The molecule has 0 aliphatic rings. The summed E-state index contributed by atoms with van der Waals surface area (Å²) in [6.45, 7) is 4.27. The molecule has 21 heavy (non-hydrogen) atoms. The van der Waals surface area contributed by atoms with Crippen LogP contribution in [0.3, 0.4) is 0 Å². The molecule has 0 aliphatic heterocycles. The first-order valence-electron chi connectivity index (χ1n) is 7.17. The van der Waals surface area contributed by atoms with Gasteiger partial charge in [-0.25, -0.2) is 0 Å². The van der Waals surface area contributed by atoms with Gasteiger partial charge in [-0.15, -0.1) is 9.24 Å². The van der Waals surface area contributed by atoms with Gasteiger partial charge in [-0.1, -0.05) is 66.2 Å². The Morgan fingerprint density at radius 1 is 0.619 bits per heavy atom. The lowest BCUT2D eigenvalue weighted by molar-refractivity contribution is 1.47. The second-order valence-electron chi connectivity index (χ2n) is 5.52. The van der Waals surface area contributed by atoms with Gasteiger partial charge < -0.3 is 0 Å². The monoisotopic (exact) mass is 290 g/mol. The lowest BCUT2D eigenvalue weighted by Gasteiger charge is -2.08. The summed E-state index contributed by atoms with van der Waals surface area (Å²) >= 11 is 0. The molecule has 3 aromatic rings. The maximum atomic E-state index is 2.78. The Bertz CT molecular complexity index is 770. The molecule has 0 bridgehead atoms. The van der Waals surface area contributed by atoms with Crippen LogP contribution in [0.2, 0.25) is 0 Å². The van der Waals surface area contributed by atoms with Crippen molar-refractivity contribution in [3.8, 4) is 22.3 Å². The van der Waals surface area contributed by atoms with E-state index in [1.54, 1.807) is 0 Å². The second-order valence-corrected chi connectivity index (χ2v) is 6.14. The summed E-state index contributed by atoms with van der Waals surface area (Å²) in [5.41, 5.74) is 7.66. The average Bonchev–Trinajstić information content (AvgIpc) is 2.51. The topological polar surface area (TPSA) is 0 Å². The van der Waals surface area contributed by atoms with Crippen molar-refractivity contribution in [1.29, 1.82) is 0 Å². The maximum absolute atomic E-state index is 2.78. The van der Waals surface area contributed by atoms with Gasteiger partial charge >= 0.3 is 0 Å². The van der Waals surface area contributed by atoms with Gasteiger partial charge in [0.25, 0.3) is 0 Å². The molecule has 3 aromatic carbocycles. The number of benzene rings is 3. The molecule has 0 saturated carbocycles. The molecule has 0 radical (unpaired) electrons. The highest BCUT2D eigenvalue weighted by Gasteiger charge is 2.03. The summed E-state index contributed by atoms with van der Waals surface area (Å²) in [6.07, 6.45) is 0. The van der Waals surface area contributed by atoms with Crippen molar-refractivity contribution in [3.05, 3.63) is 77.9 Å². The molecule has 1 unspecified atom stereocenters. The molecule has 0 saturated heterocycles. The first kappa shape index (κ1) is 14.0. The second kappa shape index (κ2) is 5.84. The molecule has 0 nitrogen and oxygen atoms in total. The van der Waals surface area contributed by atoms with Crippen LogP contribution in [-0.2, 0) is 0 Å². The number of hydrogen-bond acceptors (Lipinski definition) is 0. The Balaban J connectivity index is 2.03. The van der Waals surface area contributed by atoms with Gasteiger partial charge in [0, 0.05) is 0 Å². The van der Waals surface area contributed by atoms with Crippen LogP contribution in [0.4, 0.5) is 0 Å². The molecule has 0 heterocycles. The van der Waals surface area contributed by atoms with Gasteiger partial charge in [-0.2, -0.15) is 0 Å². The average molecular weight is 290 g/mol. The van der Waals surface area contributed by atoms with Crippen LogP contribution < -0.4 is 5.30 Å². The Morgan fingerprint density at radius 3 is 1.86 bits per heavy atom. The summed E-state index contributed by atoms with van der Waals surface area (Å²) in [7, 11) is 2.78. The van der Waals surface area contributed by atoms with E-state index in [4.69, 9.17) is 0 Å². The van der Waals surface area contributed by atoms with Crippen LogP contribution in [0.5, 0.6) is 0 Å². The van der Waals surface area contributed by atoms with Crippen LogP contribution in [0.15, 0.2) is 66.7 Å².